The van der Waals surface area contributed by atoms with E-state index in [9.17, 15) is 0 Å². The van der Waals surface area contributed by atoms with E-state index in [1.807, 2.05) is 7.17 Å². The summed E-state index contributed by atoms with van der Waals surface area (Å²) in [7, 11) is 7.69. The van der Waals surface area contributed by atoms with Crippen molar-refractivity contribution in [3.05, 3.63) is 0 Å². The van der Waals surface area contributed by atoms with E-state index in [0.717, 1.165) is 5.92 Å². The molecule has 0 N–H and O–H groups in total. The zero-order chi connectivity index (χ0) is 12.3. The van der Waals surface area contributed by atoms with Crippen LogP contribution in [0.3, 0.4) is 0 Å². The van der Waals surface area contributed by atoms with Gasteiger partial charge >= 0.3 is 0 Å². The second kappa shape index (κ2) is 10.1. The highest BCUT2D eigenvalue weighted by atomic mass is 14.1. The minimum Gasteiger partial charge on any atom is -0.0782 e. The van der Waals surface area contributed by atoms with E-state index in [0.29, 0.717) is 5.82 Å². The predicted octanol–water partition coefficient (Wildman–Crippen LogP) is 4.89. The number of hydrogen-bond donors (Lipinski definition) is 0. The standard InChI is InChI=1S/C15H29B2/c1-14-10-6-3-2-4-8-12-15(17-16)13-9-5-7-11-14/h14-15H,2-13H2,1H3/t14-,15+/m1/s1. The van der Waals surface area contributed by atoms with Crippen LogP contribution in [0.1, 0.15) is 84.0 Å². The van der Waals surface area contributed by atoms with E-state index in [1.54, 1.807) is 0 Å². The lowest BCUT2D eigenvalue weighted by atomic mass is 9.45. The summed E-state index contributed by atoms with van der Waals surface area (Å²) in [6.07, 6.45) is 16.9. The Morgan fingerprint density at radius 2 is 1.12 bits per heavy atom. The molecular formula is C15H29B2. The van der Waals surface area contributed by atoms with Crippen LogP contribution in [0, 0.1) is 5.92 Å². The van der Waals surface area contributed by atoms with Crippen LogP contribution in [0.2, 0.25) is 5.82 Å². The molecule has 1 aliphatic rings. The summed E-state index contributed by atoms with van der Waals surface area (Å²) in [5.74, 6) is 1.64. The average molecular weight is 231 g/mol. The smallest absolute Gasteiger partial charge is 0.0587 e. The Labute approximate surface area is 111 Å². The maximum atomic E-state index is 5.74. The second-order valence-electron chi connectivity index (χ2n) is 6.04. The van der Waals surface area contributed by atoms with E-state index < -0.39 is 0 Å². The van der Waals surface area contributed by atoms with Gasteiger partial charge in [0.15, 0.2) is 0 Å². The van der Waals surface area contributed by atoms with Gasteiger partial charge in [0.2, 0.25) is 0 Å². The molecule has 0 aromatic carbocycles. The fourth-order valence-corrected chi connectivity index (χ4v) is 2.99. The van der Waals surface area contributed by atoms with Gasteiger partial charge in [-0.15, -0.1) is 0 Å². The molecule has 2 atom stereocenters. The van der Waals surface area contributed by atoms with E-state index in [1.165, 1.54) is 77.0 Å². The first-order chi connectivity index (χ1) is 8.33. The van der Waals surface area contributed by atoms with Gasteiger partial charge in [0.25, 0.3) is 0 Å². The first-order valence-electron chi connectivity index (χ1n) is 7.88. The van der Waals surface area contributed by atoms with Gasteiger partial charge in [-0.3, -0.25) is 0 Å². The fraction of sp³-hybridized carbons (Fsp3) is 1.00. The van der Waals surface area contributed by atoms with Gasteiger partial charge < -0.3 is 0 Å². The first-order valence-corrected chi connectivity index (χ1v) is 7.88. The van der Waals surface area contributed by atoms with Crippen molar-refractivity contribution in [2.75, 3.05) is 0 Å². The molecule has 0 aromatic rings. The summed E-state index contributed by atoms with van der Waals surface area (Å²) in [5.41, 5.74) is 0. The molecule has 0 nitrogen and oxygen atoms in total. The quantitative estimate of drug-likeness (QED) is 0.563. The van der Waals surface area contributed by atoms with Crippen molar-refractivity contribution >= 4 is 14.9 Å². The van der Waals surface area contributed by atoms with Crippen LogP contribution in [0.4, 0.5) is 0 Å². The molecule has 0 amide bonds. The molecule has 0 aliphatic heterocycles. The maximum Gasteiger partial charge on any atom is 0.0587 e. The highest BCUT2D eigenvalue weighted by molar-refractivity contribution is 6.90. The predicted molar refractivity (Wildman–Crippen MR) is 79.8 cm³/mol. The van der Waals surface area contributed by atoms with Crippen LogP contribution in [-0.4, -0.2) is 14.9 Å². The molecule has 0 unspecified atom stereocenters. The number of hydrogen-bond acceptors (Lipinski definition) is 0. The highest BCUT2D eigenvalue weighted by Crippen LogP contribution is 2.24. The van der Waals surface area contributed by atoms with Gasteiger partial charge in [-0.1, -0.05) is 89.8 Å². The van der Waals surface area contributed by atoms with Crippen LogP contribution < -0.4 is 0 Å². The van der Waals surface area contributed by atoms with E-state index in [2.05, 4.69) is 6.92 Å². The van der Waals surface area contributed by atoms with Crippen molar-refractivity contribution in [2.24, 2.45) is 5.92 Å². The third-order valence-corrected chi connectivity index (χ3v) is 4.32. The summed E-state index contributed by atoms with van der Waals surface area (Å²) in [5, 5.41) is 0. The van der Waals surface area contributed by atoms with Crippen LogP contribution in [0.15, 0.2) is 0 Å². The van der Waals surface area contributed by atoms with E-state index in [4.69, 9.17) is 7.74 Å². The molecule has 1 fully saturated rings. The summed E-state index contributed by atoms with van der Waals surface area (Å²) in [6, 6.07) is 0. The molecule has 1 saturated carbocycles. The normalized spacial score (nSPS) is 30.4. The molecule has 0 aromatic heterocycles. The molecular weight excluding hydrogens is 202 g/mol. The fourth-order valence-electron chi connectivity index (χ4n) is 2.99. The maximum absolute atomic E-state index is 5.74. The third-order valence-electron chi connectivity index (χ3n) is 4.32. The molecule has 17 heavy (non-hydrogen) atoms. The Kier molecular flexibility index (Phi) is 9.01. The van der Waals surface area contributed by atoms with Crippen molar-refractivity contribution in [1.82, 2.24) is 0 Å². The van der Waals surface area contributed by atoms with Gasteiger partial charge in [-0.2, -0.15) is 0 Å². The molecule has 0 bridgehead atoms. The van der Waals surface area contributed by atoms with Crippen LogP contribution in [-0.2, 0) is 0 Å². The molecule has 0 spiro atoms. The van der Waals surface area contributed by atoms with Crippen LogP contribution >= 0.6 is 0 Å². The second-order valence-corrected chi connectivity index (χ2v) is 6.04. The van der Waals surface area contributed by atoms with Crippen molar-refractivity contribution in [3.8, 4) is 0 Å². The molecule has 3 radical (unpaired) electrons. The van der Waals surface area contributed by atoms with Crippen molar-refractivity contribution in [2.45, 2.75) is 89.8 Å². The van der Waals surface area contributed by atoms with Crippen LogP contribution in [0.25, 0.3) is 0 Å². The monoisotopic (exact) mass is 231 g/mol. The lowest BCUT2D eigenvalue weighted by Gasteiger charge is -2.16. The number of rotatable bonds is 1. The minimum absolute atomic E-state index is 0.690. The molecule has 95 valence electrons. The van der Waals surface area contributed by atoms with E-state index >= 15 is 0 Å². The average Bonchev–Trinajstić information content (AvgIpc) is 2.34. The zero-order valence-corrected chi connectivity index (χ0v) is 11.8. The Morgan fingerprint density at radius 3 is 1.65 bits per heavy atom. The van der Waals surface area contributed by atoms with Crippen LogP contribution in [0.5, 0.6) is 0 Å². The molecule has 2 heteroatoms. The van der Waals surface area contributed by atoms with Gasteiger partial charge in [0, 0.05) is 7.74 Å². The Bertz CT molecular complexity index is 170. The SMILES string of the molecule is [B][B][C@H]1CCCCCCC[C@@H](C)CCCCC1. The van der Waals surface area contributed by atoms with Crippen molar-refractivity contribution < 1.29 is 0 Å². The Hall–Kier alpha value is 0.130. The van der Waals surface area contributed by atoms with Gasteiger partial charge in [-0.25, -0.2) is 0 Å². The summed E-state index contributed by atoms with van der Waals surface area (Å²) < 4.78 is 0. The summed E-state index contributed by atoms with van der Waals surface area (Å²) in [6.45, 7) is 2.43. The lowest BCUT2D eigenvalue weighted by molar-refractivity contribution is 0.424. The van der Waals surface area contributed by atoms with Gasteiger partial charge in [0.1, 0.15) is 0 Å². The van der Waals surface area contributed by atoms with Gasteiger partial charge in [-0.05, 0) is 5.92 Å². The summed E-state index contributed by atoms with van der Waals surface area (Å²) in [4.78, 5) is 0. The Balaban J connectivity index is 2.23. The summed E-state index contributed by atoms with van der Waals surface area (Å²) >= 11 is 0. The largest absolute Gasteiger partial charge is 0.0782 e. The zero-order valence-electron chi connectivity index (χ0n) is 11.8. The molecule has 0 saturated heterocycles. The molecule has 1 rings (SSSR count). The molecule has 1 aliphatic carbocycles. The minimum atomic E-state index is 0.690. The van der Waals surface area contributed by atoms with Crippen molar-refractivity contribution in [1.29, 1.82) is 0 Å². The third kappa shape index (κ3) is 7.95. The van der Waals surface area contributed by atoms with E-state index in [-0.39, 0.29) is 0 Å². The molecule has 0 heterocycles. The first kappa shape index (κ1) is 15.2. The van der Waals surface area contributed by atoms with Gasteiger partial charge in [0.05, 0.1) is 7.17 Å². The highest BCUT2D eigenvalue weighted by Gasteiger charge is 2.08. The topological polar surface area (TPSA) is 0 Å². The Morgan fingerprint density at radius 1 is 0.706 bits per heavy atom. The van der Waals surface area contributed by atoms with Crippen molar-refractivity contribution in [3.63, 3.8) is 0 Å². The lowest BCUT2D eigenvalue weighted by Crippen LogP contribution is -2.05.